The van der Waals surface area contributed by atoms with E-state index in [9.17, 15) is 0 Å². The molecule has 0 N–H and O–H groups in total. The second kappa shape index (κ2) is 4.01. The molecule has 0 atom stereocenters. The first-order valence-corrected chi connectivity index (χ1v) is 4.20. The topological polar surface area (TPSA) is 0 Å². The molecule has 0 spiro atoms. The Morgan fingerprint density at radius 1 is 1.33 bits per heavy atom. The maximum atomic E-state index is 2.95. The maximum absolute atomic E-state index is 2.95. The van der Waals surface area contributed by atoms with Gasteiger partial charge in [-0.1, -0.05) is 0 Å². The van der Waals surface area contributed by atoms with Crippen LogP contribution < -0.4 is 0 Å². The number of hydrogen-bond acceptors (Lipinski definition) is 0. The monoisotopic (exact) mass is 210 g/mol. The molecule has 0 aromatic heterocycles. The predicted molar refractivity (Wildman–Crippen MR) is 35.7 cm³/mol. The SMILES string of the molecule is [Rh][C]1=CC=CCCCC1. The van der Waals surface area contributed by atoms with Gasteiger partial charge in [0.25, 0.3) is 0 Å². The molecule has 0 unspecified atom stereocenters. The number of hydrogen-bond donors (Lipinski definition) is 0. The zero-order chi connectivity index (χ0) is 6.53. The summed E-state index contributed by atoms with van der Waals surface area (Å²) in [6.45, 7) is 0. The molecule has 0 aromatic carbocycles. The van der Waals surface area contributed by atoms with Crippen LogP contribution in [0.15, 0.2) is 22.4 Å². The summed E-state index contributed by atoms with van der Waals surface area (Å²) in [7, 11) is 0. The van der Waals surface area contributed by atoms with Crippen molar-refractivity contribution in [3.63, 3.8) is 0 Å². The molecule has 0 saturated heterocycles. The molecule has 0 nitrogen and oxygen atoms in total. The zero-order valence-electron chi connectivity index (χ0n) is 5.39. The standard InChI is InChI=1S/C8H11.Rh/c1-2-4-6-8-7-5-3-1;/h1-3H,4,6-8H2;. The van der Waals surface area contributed by atoms with E-state index >= 15 is 0 Å². The van der Waals surface area contributed by atoms with E-state index in [1.807, 2.05) is 0 Å². The molecule has 1 rings (SSSR count). The van der Waals surface area contributed by atoms with Crippen molar-refractivity contribution in [1.29, 1.82) is 0 Å². The van der Waals surface area contributed by atoms with E-state index in [1.165, 1.54) is 29.9 Å². The van der Waals surface area contributed by atoms with E-state index in [0.29, 0.717) is 0 Å². The van der Waals surface area contributed by atoms with E-state index in [2.05, 4.69) is 36.5 Å². The van der Waals surface area contributed by atoms with Crippen LogP contribution in [-0.4, -0.2) is 0 Å². The molecule has 52 valence electrons. The Morgan fingerprint density at radius 2 is 2.22 bits per heavy atom. The molecule has 0 fully saturated rings. The summed E-state index contributed by atoms with van der Waals surface area (Å²) in [5.41, 5.74) is 0. The molecule has 1 aliphatic rings. The molecule has 0 amide bonds. The van der Waals surface area contributed by atoms with Gasteiger partial charge in [0.05, 0.1) is 0 Å². The van der Waals surface area contributed by atoms with Crippen LogP contribution >= 0.6 is 0 Å². The van der Waals surface area contributed by atoms with Gasteiger partial charge in [-0.2, -0.15) is 0 Å². The van der Waals surface area contributed by atoms with Crippen LogP contribution in [0.25, 0.3) is 0 Å². The molecule has 1 aliphatic carbocycles. The molecule has 0 aliphatic heterocycles. The summed E-state index contributed by atoms with van der Waals surface area (Å²) in [5, 5.41) is 0. The first kappa shape index (κ1) is 7.21. The predicted octanol–water partition coefficient (Wildman–Crippen LogP) is 2.55. The quantitative estimate of drug-likeness (QED) is 0.539. The summed E-state index contributed by atoms with van der Waals surface area (Å²) in [5.74, 6) is 0. The van der Waals surface area contributed by atoms with Crippen LogP contribution in [0, 0.1) is 0 Å². The van der Waals surface area contributed by atoms with Gasteiger partial charge in [0, 0.05) is 0 Å². The van der Waals surface area contributed by atoms with Crippen LogP contribution in [-0.2, 0) is 18.3 Å². The average Bonchev–Trinajstić information content (AvgIpc) is 1.79. The fraction of sp³-hybridized carbons (Fsp3) is 0.500. The van der Waals surface area contributed by atoms with Gasteiger partial charge >= 0.3 is 66.4 Å². The van der Waals surface area contributed by atoms with Crippen molar-refractivity contribution in [3.8, 4) is 0 Å². The Bertz CT molecular complexity index is 134. The molecule has 1 heteroatoms. The van der Waals surface area contributed by atoms with Crippen LogP contribution in [0.1, 0.15) is 25.7 Å². The van der Waals surface area contributed by atoms with E-state index < -0.39 is 0 Å². The summed E-state index contributed by atoms with van der Waals surface area (Å²) in [6.07, 6.45) is 11.7. The Labute approximate surface area is 66.7 Å². The minimum absolute atomic E-state index is 1.25. The van der Waals surface area contributed by atoms with Gasteiger partial charge in [-0.05, 0) is 0 Å². The van der Waals surface area contributed by atoms with Gasteiger partial charge in [0.1, 0.15) is 0 Å². The van der Waals surface area contributed by atoms with E-state index in [0.717, 1.165) is 0 Å². The van der Waals surface area contributed by atoms with Gasteiger partial charge in [0.2, 0.25) is 0 Å². The van der Waals surface area contributed by atoms with Crippen molar-refractivity contribution < 1.29 is 18.3 Å². The third kappa shape index (κ3) is 2.96. The summed E-state index contributed by atoms with van der Waals surface area (Å²) >= 11 is 2.95. The molecular weight excluding hydrogens is 199 g/mol. The number of allylic oxidation sites excluding steroid dienone is 4. The van der Waals surface area contributed by atoms with Crippen molar-refractivity contribution in [2.24, 2.45) is 0 Å². The first-order valence-electron chi connectivity index (χ1n) is 3.38. The first-order chi connectivity index (χ1) is 4.39. The van der Waals surface area contributed by atoms with Gasteiger partial charge in [-0.3, -0.25) is 0 Å². The molecule has 0 bridgehead atoms. The van der Waals surface area contributed by atoms with E-state index in [-0.39, 0.29) is 0 Å². The Balaban J connectivity index is 2.48. The Morgan fingerprint density at radius 3 is 3.11 bits per heavy atom. The van der Waals surface area contributed by atoms with Gasteiger partial charge in [0.15, 0.2) is 0 Å². The fourth-order valence-electron chi connectivity index (χ4n) is 0.896. The van der Waals surface area contributed by atoms with Crippen LogP contribution in [0.4, 0.5) is 0 Å². The van der Waals surface area contributed by atoms with Crippen molar-refractivity contribution in [2.75, 3.05) is 0 Å². The Kier molecular flexibility index (Phi) is 3.21. The Hall–Kier alpha value is 0.103. The fourth-order valence-corrected chi connectivity index (χ4v) is 1.34. The van der Waals surface area contributed by atoms with Crippen molar-refractivity contribution >= 4 is 0 Å². The van der Waals surface area contributed by atoms with E-state index in [1.54, 1.807) is 0 Å². The summed E-state index contributed by atoms with van der Waals surface area (Å²) in [4.78, 5) is 0. The second-order valence-electron chi connectivity index (χ2n) is 2.26. The summed E-state index contributed by atoms with van der Waals surface area (Å²) < 4.78 is 1.41. The molecule has 0 aromatic rings. The van der Waals surface area contributed by atoms with Gasteiger partial charge < -0.3 is 0 Å². The van der Waals surface area contributed by atoms with Crippen molar-refractivity contribution in [2.45, 2.75) is 25.7 Å². The molecule has 0 saturated carbocycles. The van der Waals surface area contributed by atoms with Crippen molar-refractivity contribution in [1.82, 2.24) is 0 Å². The summed E-state index contributed by atoms with van der Waals surface area (Å²) in [6, 6.07) is 0. The normalized spacial score (nSPS) is 20.4. The average molecular weight is 210 g/mol. The molecule has 0 radical (unpaired) electrons. The number of rotatable bonds is 0. The van der Waals surface area contributed by atoms with Crippen LogP contribution in [0.5, 0.6) is 0 Å². The van der Waals surface area contributed by atoms with Gasteiger partial charge in [-0.25, -0.2) is 0 Å². The zero-order valence-corrected chi connectivity index (χ0v) is 7.03. The van der Waals surface area contributed by atoms with E-state index in [4.69, 9.17) is 0 Å². The molecular formula is C8H11Rh. The molecule has 9 heavy (non-hydrogen) atoms. The van der Waals surface area contributed by atoms with Gasteiger partial charge in [-0.15, -0.1) is 0 Å². The van der Waals surface area contributed by atoms with Crippen molar-refractivity contribution in [3.05, 3.63) is 22.4 Å². The molecule has 0 heterocycles. The third-order valence-electron chi connectivity index (χ3n) is 1.43. The van der Waals surface area contributed by atoms with Crippen LogP contribution in [0.3, 0.4) is 0 Å². The van der Waals surface area contributed by atoms with Crippen LogP contribution in [0.2, 0.25) is 0 Å². The third-order valence-corrected chi connectivity index (χ3v) is 2.11. The minimum atomic E-state index is 1.25. The second-order valence-corrected chi connectivity index (χ2v) is 3.31.